The SMILES string of the molecule is C[C@@H]1C[C@@H](c2nc(-c3ccc4[nH]c(=O)c(C(F)(F)F)cc4c3)c(F)[nH]2)n2c1cc(-c1cc(Cl)ccc1-n1cnnn1)cc2=O. The summed E-state index contributed by atoms with van der Waals surface area (Å²) in [6.07, 6.45) is -2.99. The topological polar surface area (TPSA) is 127 Å². The first-order valence-electron chi connectivity index (χ1n) is 13.3. The lowest BCUT2D eigenvalue weighted by Crippen LogP contribution is -2.24. The molecular weight excluding hydrogens is 604 g/mol. The molecule has 0 spiro atoms. The Morgan fingerprint density at radius 1 is 1.00 bits per heavy atom. The molecule has 0 bridgehead atoms. The van der Waals surface area contributed by atoms with Gasteiger partial charge in [-0.1, -0.05) is 24.6 Å². The molecule has 2 aromatic carbocycles. The number of halogens is 5. The number of imidazole rings is 1. The van der Waals surface area contributed by atoms with Crippen LogP contribution >= 0.6 is 11.6 Å². The Balaban J connectivity index is 1.28. The minimum atomic E-state index is -4.86. The Morgan fingerprint density at radius 3 is 2.57 bits per heavy atom. The molecule has 0 amide bonds. The molecule has 222 valence electrons. The molecule has 0 aliphatic carbocycles. The van der Waals surface area contributed by atoms with Gasteiger partial charge in [0.2, 0.25) is 5.95 Å². The van der Waals surface area contributed by atoms with Crippen LogP contribution in [0.2, 0.25) is 5.02 Å². The van der Waals surface area contributed by atoms with Crippen molar-refractivity contribution in [2.75, 3.05) is 0 Å². The van der Waals surface area contributed by atoms with Crippen molar-refractivity contribution in [1.29, 1.82) is 0 Å². The molecule has 1 aliphatic rings. The van der Waals surface area contributed by atoms with E-state index in [9.17, 15) is 22.8 Å². The second-order valence-corrected chi connectivity index (χ2v) is 11.0. The fourth-order valence-corrected chi connectivity index (χ4v) is 5.93. The van der Waals surface area contributed by atoms with Crippen LogP contribution in [0.1, 0.15) is 42.4 Å². The highest BCUT2D eigenvalue weighted by Crippen LogP contribution is 2.40. The summed E-state index contributed by atoms with van der Waals surface area (Å²) < 4.78 is 58.2. The minimum Gasteiger partial charge on any atom is -0.321 e. The number of alkyl halides is 3. The Labute approximate surface area is 249 Å². The van der Waals surface area contributed by atoms with Crippen LogP contribution in [0, 0.1) is 5.95 Å². The lowest BCUT2D eigenvalue weighted by molar-refractivity contribution is -0.138. The van der Waals surface area contributed by atoms with Crippen molar-refractivity contribution in [3.63, 3.8) is 0 Å². The summed E-state index contributed by atoms with van der Waals surface area (Å²) in [6.45, 7) is 1.94. The summed E-state index contributed by atoms with van der Waals surface area (Å²) in [5.41, 5.74) is -0.189. The molecule has 44 heavy (non-hydrogen) atoms. The average molecular weight is 623 g/mol. The number of nitrogens with one attached hydrogen (secondary N) is 2. The van der Waals surface area contributed by atoms with E-state index in [-0.39, 0.29) is 39.5 Å². The van der Waals surface area contributed by atoms with Gasteiger partial charge in [0.05, 0.1) is 11.7 Å². The minimum absolute atomic E-state index is 0.0593. The van der Waals surface area contributed by atoms with Gasteiger partial charge in [0.1, 0.15) is 23.4 Å². The summed E-state index contributed by atoms with van der Waals surface area (Å²) in [4.78, 5) is 34.8. The highest BCUT2D eigenvalue weighted by molar-refractivity contribution is 6.31. The van der Waals surface area contributed by atoms with Crippen molar-refractivity contribution in [3.05, 3.63) is 110 Å². The Bertz CT molecular complexity index is 2200. The fraction of sp³-hybridized carbons (Fsp3) is 0.172. The quantitative estimate of drug-likeness (QED) is 0.245. The highest BCUT2D eigenvalue weighted by Gasteiger charge is 2.35. The van der Waals surface area contributed by atoms with Gasteiger partial charge in [-0.25, -0.2) is 4.98 Å². The standard InChI is InChI=1S/C29H19ClF4N8O2/c1-13-6-23(42-22(13)9-15(10-24(42)43)18-11-17(30)3-5-21(18)41-12-35-39-40-41)27-37-25(26(31)38-27)14-2-4-20-16(7-14)8-19(28(44)36-20)29(32,33)34/h2-5,7-13,23H,6H2,1H3,(H,36,44)(H,37,38)/t13-,23+/m1/s1. The predicted molar refractivity (Wildman–Crippen MR) is 152 cm³/mol. The molecule has 0 saturated heterocycles. The number of fused-ring (bicyclic) bond motifs is 2. The maximum Gasteiger partial charge on any atom is 0.421 e. The van der Waals surface area contributed by atoms with Crippen molar-refractivity contribution in [2.45, 2.75) is 31.5 Å². The summed E-state index contributed by atoms with van der Waals surface area (Å²) in [7, 11) is 0. The first-order chi connectivity index (χ1) is 21.0. The third-order valence-corrected chi connectivity index (χ3v) is 8.01. The largest absolute Gasteiger partial charge is 0.421 e. The first kappa shape index (κ1) is 27.7. The van der Waals surface area contributed by atoms with E-state index in [1.54, 1.807) is 22.8 Å². The molecule has 5 heterocycles. The van der Waals surface area contributed by atoms with Gasteiger partial charge in [-0.2, -0.15) is 22.2 Å². The van der Waals surface area contributed by atoms with E-state index in [0.29, 0.717) is 34.0 Å². The van der Waals surface area contributed by atoms with Crippen LogP contribution in [0.15, 0.2) is 70.5 Å². The van der Waals surface area contributed by atoms with Crippen LogP contribution < -0.4 is 11.1 Å². The van der Waals surface area contributed by atoms with Crippen LogP contribution in [0.3, 0.4) is 0 Å². The molecule has 6 aromatic rings. The number of hydrogen-bond donors (Lipinski definition) is 2. The first-order valence-corrected chi connectivity index (χ1v) is 13.7. The monoisotopic (exact) mass is 622 g/mol. The maximum atomic E-state index is 15.3. The van der Waals surface area contributed by atoms with Crippen LogP contribution in [0.25, 0.3) is 39.0 Å². The second-order valence-electron chi connectivity index (χ2n) is 10.5. The van der Waals surface area contributed by atoms with Gasteiger partial charge in [-0.05, 0) is 76.2 Å². The van der Waals surface area contributed by atoms with E-state index < -0.39 is 29.3 Å². The predicted octanol–water partition coefficient (Wildman–Crippen LogP) is 5.63. The molecule has 0 fully saturated rings. The van der Waals surface area contributed by atoms with E-state index in [0.717, 1.165) is 6.07 Å². The molecule has 1 aliphatic heterocycles. The average Bonchev–Trinajstić information content (AvgIpc) is 3.71. The zero-order chi connectivity index (χ0) is 30.9. The Hall–Kier alpha value is -5.11. The fourth-order valence-electron chi connectivity index (χ4n) is 5.76. The normalized spacial score (nSPS) is 16.5. The third-order valence-electron chi connectivity index (χ3n) is 7.77. The van der Waals surface area contributed by atoms with Crippen molar-refractivity contribution < 1.29 is 17.6 Å². The van der Waals surface area contributed by atoms with Crippen LogP contribution in [0.4, 0.5) is 17.6 Å². The Kier molecular flexibility index (Phi) is 6.28. The van der Waals surface area contributed by atoms with E-state index in [2.05, 4.69) is 30.5 Å². The van der Waals surface area contributed by atoms with Crippen LogP contribution in [0.5, 0.6) is 0 Å². The zero-order valence-corrected chi connectivity index (χ0v) is 23.3. The molecule has 15 heteroatoms. The number of tetrazole rings is 1. The van der Waals surface area contributed by atoms with Gasteiger partial charge in [-0.15, -0.1) is 5.10 Å². The van der Waals surface area contributed by atoms with Crippen molar-refractivity contribution in [2.24, 2.45) is 0 Å². The third kappa shape index (κ3) is 4.58. The van der Waals surface area contributed by atoms with Gasteiger partial charge < -0.3 is 14.5 Å². The summed E-state index contributed by atoms with van der Waals surface area (Å²) in [5, 5.41) is 11.8. The number of H-pyrrole nitrogens is 2. The van der Waals surface area contributed by atoms with Gasteiger partial charge >= 0.3 is 6.18 Å². The molecular formula is C29H19ClF4N8O2. The van der Waals surface area contributed by atoms with Crippen molar-refractivity contribution in [3.8, 4) is 28.1 Å². The Morgan fingerprint density at radius 2 is 1.82 bits per heavy atom. The van der Waals surface area contributed by atoms with E-state index in [1.807, 2.05) is 13.0 Å². The van der Waals surface area contributed by atoms with Crippen LogP contribution in [-0.2, 0) is 6.18 Å². The molecule has 0 radical (unpaired) electrons. The van der Waals surface area contributed by atoms with Gasteiger partial charge in [0.25, 0.3) is 11.1 Å². The molecule has 0 unspecified atom stereocenters. The lowest BCUT2D eigenvalue weighted by Gasteiger charge is -2.15. The number of nitrogens with zero attached hydrogens (tertiary/aromatic N) is 6. The molecule has 2 N–H and O–H groups in total. The zero-order valence-electron chi connectivity index (χ0n) is 22.5. The molecule has 7 rings (SSSR count). The maximum absolute atomic E-state index is 15.3. The molecule has 0 saturated carbocycles. The summed E-state index contributed by atoms with van der Waals surface area (Å²) in [5.74, 6) is -0.735. The van der Waals surface area contributed by atoms with Gasteiger partial charge in [0.15, 0.2) is 0 Å². The van der Waals surface area contributed by atoms with E-state index in [1.165, 1.54) is 35.3 Å². The summed E-state index contributed by atoms with van der Waals surface area (Å²) in [6, 6.07) is 12.7. The highest BCUT2D eigenvalue weighted by atomic mass is 35.5. The number of aromatic amines is 2. The summed E-state index contributed by atoms with van der Waals surface area (Å²) >= 11 is 6.29. The number of benzene rings is 2. The number of hydrogen-bond acceptors (Lipinski definition) is 6. The van der Waals surface area contributed by atoms with Gasteiger partial charge in [0, 0.05) is 33.4 Å². The van der Waals surface area contributed by atoms with E-state index in [4.69, 9.17) is 11.6 Å². The second kappa shape index (κ2) is 9.98. The van der Waals surface area contributed by atoms with E-state index >= 15 is 4.39 Å². The van der Waals surface area contributed by atoms with Crippen molar-refractivity contribution in [1.82, 2.24) is 39.7 Å². The lowest BCUT2D eigenvalue weighted by atomic mass is 9.99. The molecule has 4 aromatic heterocycles. The number of rotatable bonds is 4. The molecule has 2 atom stereocenters. The molecule has 10 nitrogen and oxygen atoms in total. The number of pyridine rings is 2. The van der Waals surface area contributed by atoms with Crippen LogP contribution in [-0.4, -0.2) is 39.7 Å². The van der Waals surface area contributed by atoms with Gasteiger partial charge in [-0.3, -0.25) is 9.59 Å². The van der Waals surface area contributed by atoms with Crippen molar-refractivity contribution >= 4 is 22.5 Å². The number of aromatic nitrogens is 8. The smallest absolute Gasteiger partial charge is 0.321 e.